The summed E-state index contributed by atoms with van der Waals surface area (Å²) in [5.41, 5.74) is 6.00. The van der Waals surface area contributed by atoms with Crippen molar-refractivity contribution in [3.63, 3.8) is 0 Å². The van der Waals surface area contributed by atoms with E-state index in [2.05, 4.69) is 41.7 Å². The number of rotatable bonds is 5. The zero-order valence-corrected chi connectivity index (χ0v) is 14.9. The number of hydrogen-bond donors (Lipinski definition) is 2. The minimum absolute atomic E-state index is 0.419. The Morgan fingerprint density at radius 2 is 1.65 bits per heavy atom. The lowest BCUT2D eigenvalue weighted by molar-refractivity contribution is 0.220. The molecule has 2 nitrogen and oxygen atoms in total. The summed E-state index contributed by atoms with van der Waals surface area (Å²) >= 11 is 0. The standard InChI is InChI=1S/C24H25NO/c26-24(20-10-2-1-3-11-20)21-13-6-8-18(16-21)17-25-23-15-7-12-19-9-4-5-14-22(19)23/h1-6,8-11,13-14,16,23-26H,7,12,15,17H2/t23-,24?/m0/s1. The van der Waals surface area contributed by atoms with E-state index in [9.17, 15) is 5.11 Å². The largest absolute Gasteiger partial charge is 0.384 e. The second-order valence-corrected chi connectivity index (χ2v) is 7.08. The van der Waals surface area contributed by atoms with Crippen molar-refractivity contribution in [2.75, 3.05) is 0 Å². The van der Waals surface area contributed by atoms with Crippen LogP contribution in [0.5, 0.6) is 0 Å². The van der Waals surface area contributed by atoms with Crippen molar-refractivity contribution in [2.45, 2.75) is 38.0 Å². The van der Waals surface area contributed by atoms with Gasteiger partial charge in [0.15, 0.2) is 0 Å². The van der Waals surface area contributed by atoms with Crippen LogP contribution in [0.1, 0.15) is 52.8 Å². The zero-order chi connectivity index (χ0) is 17.8. The summed E-state index contributed by atoms with van der Waals surface area (Å²) in [6.45, 7) is 0.814. The van der Waals surface area contributed by atoms with Crippen LogP contribution in [0.25, 0.3) is 0 Å². The first-order valence-electron chi connectivity index (χ1n) is 9.44. The van der Waals surface area contributed by atoms with Gasteiger partial charge in [-0.25, -0.2) is 0 Å². The van der Waals surface area contributed by atoms with E-state index in [0.29, 0.717) is 6.04 Å². The molecule has 1 aliphatic rings. The van der Waals surface area contributed by atoms with Gasteiger partial charge in [-0.05, 0) is 47.1 Å². The van der Waals surface area contributed by atoms with Crippen LogP contribution >= 0.6 is 0 Å². The fraction of sp³-hybridized carbons (Fsp3) is 0.250. The first kappa shape index (κ1) is 17.0. The molecule has 0 fully saturated rings. The van der Waals surface area contributed by atoms with Gasteiger partial charge in [0.2, 0.25) is 0 Å². The van der Waals surface area contributed by atoms with E-state index in [4.69, 9.17) is 0 Å². The molecule has 0 aromatic heterocycles. The number of aliphatic hydroxyl groups is 1. The van der Waals surface area contributed by atoms with Crippen LogP contribution < -0.4 is 5.32 Å². The molecule has 0 saturated heterocycles. The number of fused-ring (bicyclic) bond motifs is 1. The normalized spacial score (nSPS) is 17.5. The molecule has 0 spiro atoms. The summed E-state index contributed by atoms with van der Waals surface area (Å²) in [7, 11) is 0. The maximum Gasteiger partial charge on any atom is 0.104 e. The van der Waals surface area contributed by atoms with Crippen molar-refractivity contribution in [3.05, 3.63) is 107 Å². The Bertz CT molecular complexity index is 859. The monoisotopic (exact) mass is 343 g/mol. The highest BCUT2D eigenvalue weighted by Crippen LogP contribution is 2.30. The topological polar surface area (TPSA) is 32.3 Å². The Kier molecular flexibility index (Phi) is 5.14. The Morgan fingerprint density at radius 1 is 0.885 bits per heavy atom. The molecule has 1 aliphatic carbocycles. The van der Waals surface area contributed by atoms with Crippen LogP contribution in [0.3, 0.4) is 0 Å². The van der Waals surface area contributed by atoms with Gasteiger partial charge in [-0.3, -0.25) is 0 Å². The highest BCUT2D eigenvalue weighted by atomic mass is 16.3. The summed E-state index contributed by atoms with van der Waals surface area (Å²) in [6, 6.07) is 27.3. The third kappa shape index (κ3) is 3.72. The van der Waals surface area contributed by atoms with Crippen molar-refractivity contribution in [1.29, 1.82) is 0 Å². The number of aliphatic hydroxyl groups excluding tert-OH is 1. The van der Waals surface area contributed by atoms with Crippen LogP contribution in [0, 0.1) is 0 Å². The maximum absolute atomic E-state index is 10.6. The predicted molar refractivity (Wildman–Crippen MR) is 106 cm³/mol. The first-order chi connectivity index (χ1) is 12.8. The third-order valence-electron chi connectivity index (χ3n) is 5.30. The molecule has 2 atom stereocenters. The lowest BCUT2D eigenvalue weighted by Crippen LogP contribution is -2.24. The van der Waals surface area contributed by atoms with E-state index in [1.54, 1.807) is 0 Å². The molecule has 0 amide bonds. The minimum atomic E-state index is -0.577. The van der Waals surface area contributed by atoms with Crippen molar-refractivity contribution in [2.24, 2.45) is 0 Å². The first-order valence-corrected chi connectivity index (χ1v) is 9.44. The van der Waals surface area contributed by atoms with E-state index >= 15 is 0 Å². The minimum Gasteiger partial charge on any atom is -0.384 e. The van der Waals surface area contributed by atoms with Crippen LogP contribution in [0.4, 0.5) is 0 Å². The van der Waals surface area contributed by atoms with Crippen molar-refractivity contribution in [1.82, 2.24) is 5.32 Å². The molecular weight excluding hydrogens is 318 g/mol. The molecule has 3 aromatic carbocycles. The summed E-state index contributed by atoms with van der Waals surface area (Å²) in [5, 5.41) is 14.4. The van der Waals surface area contributed by atoms with Crippen LogP contribution in [-0.4, -0.2) is 5.11 Å². The fourth-order valence-corrected chi connectivity index (χ4v) is 3.91. The second-order valence-electron chi connectivity index (χ2n) is 7.08. The summed E-state index contributed by atoms with van der Waals surface area (Å²) in [4.78, 5) is 0. The van der Waals surface area contributed by atoms with E-state index in [-0.39, 0.29) is 0 Å². The van der Waals surface area contributed by atoms with Gasteiger partial charge in [0.25, 0.3) is 0 Å². The van der Waals surface area contributed by atoms with Gasteiger partial charge < -0.3 is 10.4 Å². The van der Waals surface area contributed by atoms with Gasteiger partial charge in [0.05, 0.1) is 0 Å². The van der Waals surface area contributed by atoms with Crippen LogP contribution in [0.15, 0.2) is 78.9 Å². The quantitative estimate of drug-likeness (QED) is 0.688. The molecule has 0 saturated carbocycles. The van der Waals surface area contributed by atoms with Crippen molar-refractivity contribution in [3.8, 4) is 0 Å². The molecule has 2 N–H and O–H groups in total. The molecule has 26 heavy (non-hydrogen) atoms. The molecule has 4 rings (SSSR count). The Labute approximate surface area is 155 Å². The number of hydrogen-bond acceptors (Lipinski definition) is 2. The fourth-order valence-electron chi connectivity index (χ4n) is 3.91. The maximum atomic E-state index is 10.6. The van der Waals surface area contributed by atoms with Gasteiger partial charge in [-0.15, -0.1) is 0 Å². The van der Waals surface area contributed by atoms with Gasteiger partial charge in [-0.2, -0.15) is 0 Å². The van der Waals surface area contributed by atoms with E-state index in [1.165, 1.54) is 36.0 Å². The third-order valence-corrected chi connectivity index (χ3v) is 5.30. The van der Waals surface area contributed by atoms with Gasteiger partial charge >= 0.3 is 0 Å². The van der Waals surface area contributed by atoms with Gasteiger partial charge in [0.1, 0.15) is 6.10 Å². The smallest absolute Gasteiger partial charge is 0.104 e. The molecule has 132 valence electrons. The molecule has 3 aromatic rings. The highest BCUT2D eigenvalue weighted by Gasteiger charge is 2.19. The van der Waals surface area contributed by atoms with Crippen LogP contribution in [-0.2, 0) is 13.0 Å². The second kappa shape index (κ2) is 7.86. The van der Waals surface area contributed by atoms with Gasteiger partial charge in [0, 0.05) is 12.6 Å². The predicted octanol–water partition coefficient (Wildman–Crippen LogP) is 4.94. The van der Waals surface area contributed by atoms with Crippen molar-refractivity contribution >= 4 is 0 Å². The molecule has 0 bridgehead atoms. The molecule has 2 heteroatoms. The molecule has 1 unspecified atom stereocenters. The molecule has 0 aliphatic heterocycles. The van der Waals surface area contributed by atoms with Crippen LogP contribution in [0.2, 0.25) is 0 Å². The van der Waals surface area contributed by atoms with E-state index in [1.807, 2.05) is 42.5 Å². The molecule has 0 heterocycles. The number of aryl methyl sites for hydroxylation is 1. The zero-order valence-electron chi connectivity index (χ0n) is 14.9. The highest BCUT2D eigenvalue weighted by molar-refractivity contribution is 5.34. The summed E-state index contributed by atoms with van der Waals surface area (Å²) in [6.07, 6.45) is 3.03. The summed E-state index contributed by atoms with van der Waals surface area (Å²) in [5.74, 6) is 0. The Hall–Kier alpha value is -2.42. The van der Waals surface area contributed by atoms with E-state index < -0.39 is 6.10 Å². The van der Waals surface area contributed by atoms with Crippen molar-refractivity contribution < 1.29 is 5.11 Å². The van der Waals surface area contributed by atoms with Gasteiger partial charge in [-0.1, -0.05) is 78.9 Å². The lowest BCUT2D eigenvalue weighted by Gasteiger charge is -2.26. The average Bonchev–Trinajstić information content (AvgIpc) is 2.72. The Balaban J connectivity index is 1.47. The number of nitrogens with one attached hydrogen (secondary N) is 1. The average molecular weight is 343 g/mol. The lowest BCUT2D eigenvalue weighted by atomic mass is 9.87. The summed E-state index contributed by atoms with van der Waals surface area (Å²) < 4.78 is 0. The molecule has 0 radical (unpaired) electrons. The molecular formula is C24H25NO. The Morgan fingerprint density at radius 3 is 2.54 bits per heavy atom. The SMILES string of the molecule is OC(c1ccccc1)c1cccc(CN[C@H]2CCCc3ccccc32)c1. The van der Waals surface area contributed by atoms with E-state index in [0.717, 1.165) is 17.7 Å². The number of benzene rings is 3.